The van der Waals surface area contributed by atoms with Gasteiger partial charge in [-0.3, -0.25) is 4.79 Å². The number of nitrogens with one attached hydrogen (secondary N) is 2. The van der Waals surface area contributed by atoms with Crippen molar-refractivity contribution in [1.82, 2.24) is 10.6 Å². The molecule has 2 N–H and O–H groups in total. The van der Waals surface area contributed by atoms with Gasteiger partial charge in [0.1, 0.15) is 18.7 Å². The fourth-order valence-corrected chi connectivity index (χ4v) is 2.93. The second-order valence-corrected chi connectivity index (χ2v) is 7.42. The number of hydrogen-bond donors (Lipinski definition) is 2. The molecule has 0 aliphatic carbocycles. The van der Waals surface area contributed by atoms with Gasteiger partial charge in [0, 0.05) is 0 Å². The van der Waals surface area contributed by atoms with Crippen LogP contribution in [0.15, 0.2) is 30.3 Å². The summed E-state index contributed by atoms with van der Waals surface area (Å²) in [6, 6.07) is 7.71. The van der Waals surface area contributed by atoms with Crippen LogP contribution in [0.3, 0.4) is 0 Å². The van der Waals surface area contributed by atoms with Crippen molar-refractivity contribution in [3.8, 4) is 0 Å². The van der Waals surface area contributed by atoms with E-state index in [9.17, 15) is 14.4 Å². The standard InChI is InChI=1S/C20H30N2O5S/c1-5-14(2)17(19(24)26-3)22-18(23)16(11-12-28-4)21-20(25)27-13-15-9-7-6-8-10-15/h6-10,14,16-17H,5,11-13H2,1-4H3,(H,21,25)(H,22,23)/t14-,16-,17+/m1/s1. The summed E-state index contributed by atoms with van der Waals surface area (Å²) in [4.78, 5) is 36.9. The molecule has 0 saturated carbocycles. The first-order chi connectivity index (χ1) is 13.4. The molecule has 0 bridgehead atoms. The molecule has 1 aromatic rings. The maximum atomic E-state index is 12.7. The van der Waals surface area contributed by atoms with Crippen molar-refractivity contribution in [2.75, 3.05) is 19.1 Å². The molecule has 0 aliphatic rings. The van der Waals surface area contributed by atoms with E-state index in [0.717, 1.165) is 5.56 Å². The molecule has 0 fully saturated rings. The number of thioether (sulfide) groups is 1. The van der Waals surface area contributed by atoms with E-state index in [1.807, 2.05) is 50.4 Å². The highest BCUT2D eigenvalue weighted by Crippen LogP contribution is 2.11. The van der Waals surface area contributed by atoms with Crippen molar-refractivity contribution < 1.29 is 23.9 Å². The molecule has 2 amide bonds. The van der Waals surface area contributed by atoms with Crippen LogP contribution in [0.2, 0.25) is 0 Å². The minimum absolute atomic E-state index is 0.0948. The summed E-state index contributed by atoms with van der Waals surface area (Å²) < 4.78 is 10.00. The van der Waals surface area contributed by atoms with Crippen LogP contribution < -0.4 is 10.6 Å². The summed E-state index contributed by atoms with van der Waals surface area (Å²) in [5.41, 5.74) is 0.852. The lowest BCUT2D eigenvalue weighted by atomic mass is 9.98. The minimum Gasteiger partial charge on any atom is -0.467 e. The molecule has 0 aliphatic heterocycles. The number of methoxy groups -OCH3 is 1. The van der Waals surface area contributed by atoms with Gasteiger partial charge in [-0.15, -0.1) is 0 Å². The third-order valence-corrected chi connectivity index (χ3v) is 5.04. The number of carbonyl (C=O) groups excluding carboxylic acids is 3. The van der Waals surface area contributed by atoms with Gasteiger partial charge in [0.25, 0.3) is 0 Å². The molecule has 3 atom stereocenters. The van der Waals surface area contributed by atoms with Gasteiger partial charge in [0.2, 0.25) is 5.91 Å². The Bertz CT molecular complexity index is 626. The van der Waals surface area contributed by atoms with Crippen LogP contribution in [0.5, 0.6) is 0 Å². The lowest BCUT2D eigenvalue weighted by Crippen LogP contribution is -2.53. The first kappa shape index (κ1) is 23.8. The predicted molar refractivity (Wildman–Crippen MR) is 110 cm³/mol. The van der Waals surface area contributed by atoms with Gasteiger partial charge in [-0.05, 0) is 29.9 Å². The Hall–Kier alpha value is -2.22. The zero-order valence-corrected chi connectivity index (χ0v) is 17.7. The van der Waals surface area contributed by atoms with Crippen LogP contribution in [0.25, 0.3) is 0 Å². The van der Waals surface area contributed by atoms with E-state index in [0.29, 0.717) is 18.6 Å². The summed E-state index contributed by atoms with van der Waals surface area (Å²) in [6.07, 6.45) is 2.35. The number of carbonyl (C=O) groups is 3. The number of ether oxygens (including phenoxy) is 2. The van der Waals surface area contributed by atoms with Crippen molar-refractivity contribution in [3.05, 3.63) is 35.9 Å². The van der Waals surface area contributed by atoms with Crippen LogP contribution in [0.4, 0.5) is 4.79 Å². The summed E-state index contributed by atoms with van der Waals surface area (Å²) in [5.74, 6) is -0.356. The van der Waals surface area contributed by atoms with E-state index in [2.05, 4.69) is 10.6 Å². The van der Waals surface area contributed by atoms with Gasteiger partial charge in [-0.2, -0.15) is 11.8 Å². The van der Waals surface area contributed by atoms with Gasteiger partial charge >= 0.3 is 12.1 Å². The quantitative estimate of drug-likeness (QED) is 0.545. The average molecular weight is 411 g/mol. The second kappa shape index (κ2) is 13.0. The van der Waals surface area contributed by atoms with Crippen molar-refractivity contribution in [2.45, 2.75) is 45.4 Å². The first-order valence-electron chi connectivity index (χ1n) is 9.27. The van der Waals surface area contributed by atoms with Gasteiger partial charge in [-0.25, -0.2) is 9.59 Å². The van der Waals surface area contributed by atoms with Crippen LogP contribution in [0.1, 0.15) is 32.3 Å². The summed E-state index contributed by atoms with van der Waals surface area (Å²) >= 11 is 1.56. The van der Waals surface area contributed by atoms with Crippen LogP contribution in [0, 0.1) is 5.92 Å². The summed E-state index contributed by atoms with van der Waals surface area (Å²) in [6.45, 7) is 3.90. The van der Waals surface area contributed by atoms with E-state index in [-0.39, 0.29) is 12.5 Å². The number of hydrogen-bond acceptors (Lipinski definition) is 6. The van der Waals surface area contributed by atoms with Gasteiger partial charge in [0.15, 0.2) is 0 Å². The Morgan fingerprint density at radius 3 is 2.39 bits per heavy atom. The van der Waals surface area contributed by atoms with Gasteiger partial charge < -0.3 is 20.1 Å². The average Bonchev–Trinajstić information content (AvgIpc) is 2.72. The lowest BCUT2D eigenvalue weighted by molar-refractivity contribution is -0.146. The molecule has 0 heterocycles. The molecular formula is C20H30N2O5S. The maximum Gasteiger partial charge on any atom is 0.408 e. The zero-order valence-electron chi connectivity index (χ0n) is 16.9. The molecule has 156 valence electrons. The van der Waals surface area contributed by atoms with Crippen molar-refractivity contribution in [1.29, 1.82) is 0 Å². The lowest BCUT2D eigenvalue weighted by Gasteiger charge is -2.25. The molecule has 8 heteroatoms. The number of benzene rings is 1. The van der Waals surface area contributed by atoms with Gasteiger partial charge in [0.05, 0.1) is 7.11 Å². The number of esters is 1. The highest BCUT2D eigenvalue weighted by molar-refractivity contribution is 7.98. The zero-order chi connectivity index (χ0) is 20.9. The molecule has 1 rings (SSSR count). The number of amides is 2. The Morgan fingerprint density at radius 1 is 1.14 bits per heavy atom. The fourth-order valence-electron chi connectivity index (χ4n) is 2.46. The van der Waals surface area contributed by atoms with E-state index in [4.69, 9.17) is 9.47 Å². The van der Waals surface area contributed by atoms with Crippen molar-refractivity contribution >= 4 is 29.7 Å². The molecule has 0 radical (unpaired) electrons. The predicted octanol–water partition coefficient (Wildman–Crippen LogP) is 2.74. The molecule has 28 heavy (non-hydrogen) atoms. The SMILES string of the molecule is CC[C@@H](C)[C@H](NC(=O)[C@@H](CCSC)NC(=O)OCc1ccccc1)C(=O)OC. The topological polar surface area (TPSA) is 93.7 Å². The second-order valence-electron chi connectivity index (χ2n) is 6.44. The van der Waals surface area contributed by atoms with Crippen molar-refractivity contribution in [3.63, 3.8) is 0 Å². The van der Waals surface area contributed by atoms with Crippen molar-refractivity contribution in [2.24, 2.45) is 5.92 Å². The Labute approximate surface area is 170 Å². The van der Waals surface area contributed by atoms with E-state index >= 15 is 0 Å². The normalized spacial score (nSPS) is 13.7. The third-order valence-electron chi connectivity index (χ3n) is 4.40. The molecule has 0 unspecified atom stereocenters. The van der Waals surface area contributed by atoms with E-state index in [1.54, 1.807) is 11.8 Å². The highest BCUT2D eigenvalue weighted by Gasteiger charge is 2.30. The van der Waals surface area contributed by atoms with E-state index < -0.39 is 30.1 Å². The molecule has 7 nitrogen and oxygen atoms in total. The Balaban J connectivity index is 2.71. The molecule has 0 spiro atoms. The van der Waals surface area contributed by atoms with E-state index in [1.165, 1.54) is 7.11 Å². The highest BCUT2D eigenvalue weighted by atomic mass is 32.2. The van der Waals surface area contributed by atoms with Crippen LogP contribution in [-0.2, 0) is 25.7 Å². The largest absolute Gasteiger partial charge is 0.467 e. The Kier molecular flexibility index (Phi) is 11.1. The monoisotopic (exact) mass is 410 g/mol. The first-order valence-corrected chi connectivity index (χ1v) is 10.7. The minimum atomic E-state index is -0.799. The maximum absolute atomic E-state index is 12.7. The number of alkyl carbamates (subject to hydrolysis) is 1. The molecule has 0 saturated heterocycles. The smallest absolute Gasteiger partial charge is 0.408 e. The van der Waals surface area contributed by atoms with Gasteiger partial charge in [-0.1, -0.05) is 50.6 Å². The summed E-state index contributed by atoms with van der Waals surface area (Å²) in [5, 5.41) is 5.32. The van der Waals surface area contributed by atoms with Crippen LogP contribution >= 0.6 is 11.8 Å². The molecule has 1 aromatic carbocycles. The third kappa shape index (κ3) is 8.21. The Morgan fingerprint density at radius 2 is 1.82 bits per heavy atom. The molecule has 0 aromatic heterocycles. The van der Waals surface area contributed by atoms with Crippen LogP contribution in [-0.4, -0.2) is 49.2 Å². The molecular weight excluding hydrogens is 380 g/mol. The fraction of sp³-hybridized carbons (Fsp3) is 0.550. The summed E-state index contributed by atoms with van der Waals surface area (Å²) in [7, 11) is 1.29. The number of rotatable bonds is 11.